The van der Waals surface area contributed by atoms with Crippen molar-refractivity contribution in [2.45, 2.75) is 13.8 Å². The molecule has 3 nitrogen and oxygen atoms in total. The molecule has 0 saturated heterocycles. The second kappa shape index (κ2) is 5.91. The summed E-state index contributed by atoms with van der Waals surface area (Å²) >= 11 is 5.49. The maximum absolute atomic E-state index is 5.49. The summed E-state index contributed by atoms with van der Waals surface area (Å²) in [5.74, 6) is 0. The Balaban J connectivity index is 3.89. The van der Waals surface area contributed by atoms with Gasteiger partial charge < -0.3 is 5.32 Å². The maximum atomic E-state index is 5.49. The van der Waals surface area contributed by atoms with E-state index in [0.717, 1.165) is 5.70 Å². The first-order valence-corrected chi connectivity index (χ1v) is 4.10. The molecule has 0 radical (unpaired) electrons. The molecule has 0 aliphatic carbocycles. The van der Waals surface area contributed by atoms with Crippen molar-refractivity contribution in [2.75, 3.05) is 13.7 Å². The highest BCUT2D eigenvalue weighted by Gasteiger charge is 1.96. The summed E-state index contributed by atoms with van der Waals surface area (Å²) in [7, 11) is 1.83. The van der Waals surface area contributed by atoms with Crippen molar-refractivity contribution in [3.8, 4) is 0 Å². The molecule has 0 atom stereocenters. The highest BCUT2D eigenvalue weighted by atomic mass is 35.5. The van der Waals surface area contributed by atoms with Crippen LogP contribution in [-0.4, -0.2) is 18.7 Å². The molecule has 1 N–H and O–H groups in total. The van der Waals surface area contributed by atoms with E-state index in [0.29, 0.717) is 11.8 Å². The number of nitrogens with zero attached hydrogens (tertiary/aromatic N) is 1. The smallest absolute Gasteiger partial charge is 0.0985 e. The van der Waals surface area contributed by atoms with Gasteiger partial charge >= 0.3 is 0 Å². The van der Waals surface area contributed by atoms with Gasteiger partial charge in [-0.2, -0.15) is 0 Å². The minimum atomic E-state index is 0.388. The lowest BCUT2D eigenvalue weighted by molar-refractivity contribution is -0.105. The van der Waals surface area contributed by atoms with Crippen molar-refractivity contribution in [3.05, 3.63) is 23.6 Å². The highest BCUT2D eigenvalue weighted by Crippen LogP contribution is 2.00. The lowest BCUT2D eigenvalue weighted by Gasteiger charge is -2.17. The number of hydroxylamine groups is 2. The summed E-state index contributed by atoms with van der Waals surface area (Å²) in [6, 6.07) is 0. The van der Waals surface area contributed by atoms with Gasteiger partial charge in [-0.25, -0.2) is 0 Å². The second-order valence-corrected chi connectivity index (χ2v) is 2.71. The van der Waals surface area contributed by atoms with Crippen LogP contribution in [-0.2, 0) is 4.84 Å². The molecule has 4 heteroatoms. The normalized spacial score (nSPS) is 11.2. The van der Waals surface area contributed by atoms with Gasteiger partial charge in [-0.05, 0) is 13.8 Å². The van der Waals surface area contributed by atoms with Gasteiger partial charge in [-0.1, -0.05) is 18.2 Å². The molecule has 0 amide bonds. The molecule has 0 saturated carbocycles. The molecule has 70 valence electrons. The van der Waals surface area contributed by atoms with E-state index < -0.39 is 0 Å². The van der Waals surface area contributed by atoms with Crippen molar-refractivity contribution in [3.63, 3.8) is 0 Å². The largest absolute Gasteiger partial charge is 0.351 e. The highest BCUT2D eigenvalue weighted by molar-refractivity contribution is 6.28. The van der Waals surface area contributed by atoms with Gasteiger partial charge in [-0.15, -0.1) is 0 Å². The number of allylic oxidation sites excluding steroid dienone is 1. The summed E-state index contributed by atoms with van der Waals surface area (Å²) < 4.78 is 0. The Morgan fingerprint density at radius 1 is 1.75 bits per heavy atom. The third kappa shape index (κ3) is 5.04. The van der Waals surface area contributed by atoms with Crippen LogP contribution >= 0.6 is 11.6 Å². The van der Waals surface area contributed by atoms with E-state index in [1.165, 1.54) is 0 Å². The van der Waals surface area contributed by atoms with Gasteiger partial charge in [0, 0.05) is 13.2 Å². The van der Waals surface area contributed by atoms with Crippen LogP contribution < -0.4 is 5.32 Å². The third-order valence-electron chi connectivity index (χ3n) is 1.26. The lowest BCUT2D eigenvalue weighted by Crippen LogP contribution is -2.18. The molecular formula is C8H15ClN2O. The van der Waals surface area contributed by atoms with Crippen molar-refractivity contribution >= 4 is 11.6 Å². The minimum absolute atomic E-state index is 0.388. The number of nitrogens with one attached hydrogen (secondary N) is 1. The topological polar surface area (TPSA) is 24.5 Å². The van der Waals surface area contributed by atoms with Gasteiger partial charge in [-0.3, -0.25) is 9.90 Å². The summed E-state index contributed by atoms with van der Waals surface area (Å²) in [5.41, 5.74) is 0.929. The van der Waals surface area contributed by atoms with E-state index in [2.05, 4.69) is 11.9 Å². The summed E-state index contributed by atoms with van der Waals surface area (Å²) in [5, 5.41) is 4.82. The number of halogens is 1. The van der Waals surface area contributed by atoms with Crippen LogP contribution in [0.25, 0.3) is 0 Å². The first kappa shape index (κ1) is 11.3. The van der Waals surface area contributed by atoms with Crippen LogP contribution in [0.3, 0.4) is 0 Å². The van der Waals surface area contributed by atoms with Crippen LogP contribution in [0.15, 0.2) is 23.6 Å². The van der Waals surface area contributed by atoms with Crippen LogP contribution in [0.2, 0.25) is 0 Å². The van der Waals surface area contributed by atoms with E-state index in [-0.39, 0.29) is 0 Å². The standard InChI is InChI=1S/C8H15ClN2O/c1-5-12-11(4)7(2)6-10-8(3)9/h6,10H,3,5H2,1-2,4H3/b7-6-. The Bertz CT molecular complexity index is 180. The molecule has 0 spiro atoms. The Labute approximate surface area is 78.6 Å². The number of hydrogen-bond donors (Lipinski definition) is 1. The van der Waals surface area contributed by atoms with E-state index in [1.54, 1.807) is 11.3 Å². The Hall–Kier alpha value is -0.670. The second-order valence-electron chi connectivity index (χ2n) is 2.25. The Kier molecular flexibility index (Phi) is 5.58. The van der Waals surface area contributed by atoms with Gasteiger partial charge in [0.05, 0.1) is 17.5 Å². The van der Waals surface area contributed by atoms with Gasteiger partial charge in [0.15, 0.2) is 0 Å². The van der Waals surface area contributed by atoms with Crippen molar-refractivity contribution < 1.29 is 4.84 Å². The fourth-order valence-corrected chi connectivity index (χ4v) is 0.624. The van der Waals surface area contributed by atoms with Crippen LogP contribution in [0.1, 0.15) is 13.8 Å². The molecule has 0 aliphatic rings. The molecule has 0 aliphatic heterocycles. The molecule has 0 aromatic heterocycles. The van der Waals surface area contributed by atoms with Gasteiger partial charge in [0.1, 0.15) is 0 Å². The summed E-state index contributed by atoms with van der Waals surface area (Å²) in [6.07, 6.45) is 1.73. The van der Waals surface area contributed by atoms with Crippen molar-refractivity contribution in [1.29, 1.82) is 0 Å². The molecule has 0 rings (SSSR count). The fourth-order valence-electron chi connectivity index (χ4n) is 0.569. The van der Waals surface area contributed by atoms with Crippen molar-refractivity contribution in [1.82, 2.24) is 10.4 Å². The molecule has 12 heavy (non-hydrogen) atoms. The van der Waals surface area contributed by atoms with E-state index in [9.17, 15) is 0 Å². The van der Waals surface area contributed by atoms with E-state index >= 15 is 0 Å². The predicted octanol–water partition coefficient (Wildman–Crippen LogP) is 2.03. The van der Waals surface area contributed by atoms with E-state index in [1.807, 2.05) is 20.9 Å². The maximum Gasteiger partial charge on any atom is 0.0985 e. The van der Waals surface area contributed by atoms with Crippen molar-refractivity contribution in [2.24, 2.45) is 0 Å². The SMILES string of the molecule is C=C(Cl)N/C=C(/C)N(C)OCC. The molecular weight excluding hydrogens is 176 g/mol. The summed E-state index contributed by atoms with van der Waals surface area (Å²) in [6.45, 7) is 7.96. The number of rotatable bonds is 5. The molecule has 0 aromatic carbocycles. The van der Waals surface area contributed by atoms with Gasteiger partial charge in [0.25, 0.3) is 0 Å². The third-order valence-corrected chi connectivity index (χ3v) is 1.37. The molecule has 0 aromatic rings. The minimum Gasteiger partial charge on any atom is -0.351 e. The van der Waals surface area contributed by atoms with Crippen LogP contribution in [0, 0.1) is 0 Å². The molecule has 0 heterocycles. The number of hydrogen-bond acceptors (Lipinski definition) is 3. The quantitative estimate of drug-likeness (QED) is 0.531. The molecule has 0 bridgehead atoms. The molecule has 0 unspecified atom stereocenters. The lowest BCUT2D eigenvalue weighted by atomic mass is 10.5. The zero-order valence-corrected chi connectivity index (χ0v) is 8.48. The average Bonchev–Trinajstić information content (AvgIpc) is 2.00. The van der Waals surface area contributed by atoms with Gasteiger partial charge in [0.2, 0.25) is 0 Å². The van der Waals surface area contributed by atoms with E-state index in [4.69, 9.17) is 16.4 Å². The summed E-state index contributed by atoms with van der Waals surface area (Å²) in [4.78, 5) is 5.19. The first-order valence-electron chi connectivity index (χ1n) is 3.72. The van der Waals surface area contributed by atoms with Crippen LogP contribution in [0.5, 0.6) is 0 Å². The zero-order valence-electron chi connectivity index (χ0n) is 7.72. The predicted molar refractivity (Wildman–Crippen MR) is 51.3 cm³/mol. The average molecular weight is 191 g/mol. The monoisotopic (exact) mass is 190 g/mol. The Morgan fingerprint density at radius 2 is 2.33 bits per heavy atom. The fraction of sp³-hybridized carbons (Fsp3) is 0.500. The van der Waals surface area contributed by atoms with Crippen LogP contribution in [0.4, 0.5) is 0 Å². The zero-order chi connectivity index (χ0) is 9.56. The first-order chi connectivity index (χ1) is 5.57. The molecule has 0 fully saturated rings. The Morgan fingerprint density at radius 3 is 2.75 bits per heavy atom.